The molecule has 1 aromatic carbocycles. The molecule has 1 aromatic heterocycles. The number of nitrogens with zero attached hydrogens (tertiary/aromatic N) is 1. The van der Waals surface area contributed by atoms with E-state index in [2.05, 4.69) is 44.3 Å². The summed E-state index contributed by atoms with van der Waals surface area (Å²) in [5.41, 5.74) is 3.58. The van der Waals surface area contributed by atoms with Gasteiger partial charge in [0.2, 0.25) is 0 Å². The minimum Gasteiger partial charge on any atom is -0.496 e. The molecule has 1 unspecified atom stereocenters. The number of aryl methyl sites for hydroxylation is 3. The second-order valence-electron chi connectivity index (χ2n) is 5.80. The molecule has 0 saturated heterocycles. The predicted molar refractivity (Wildman–Crippen MR) is 87.3 cm³/mol. The smallest absolute Gasteiger partial charge is 0.121 e. The molecular weight excluding hydrogens is 280 g/mol. The van der Waals surface area contributed by atoms with Crippen LogP contribution >= 0.6 is 11.3 Å². The van der Waals surface area contributed by atoms with Gasteiger partial charge in [-0.3, -0.25) is 0 Å². The number of methoxy groups -OCH3 is 1. The first-order chi connectivity index (χ1) is 10.1. The van der Waals surface area contributed by atoms with E-state index in [1.54, 1.807) is 18.4 Å². The molecule has 1 aliphatic rings. The van der Waals surface area contributed by atoms with Crippen LogP contribution in [0.3, 0.4) is 0 Å². The number of aromatic nitrogens is 1. The fraction of sp³-hybridized carbons (Fsp3) is 0.471. The Balaban J connectivity index is 1.96. The van der Waals surface area contributed by atoms with Crippen LogP contribution in [0.25, 0.3) is 0 Å². The van der Waals surface area contributed by atoms with Crippen LogP contribution in [0.1, 0.15) is 45.6 Å². The second-order valence-corrected chi connectivity index (χ2v) is 7.03. The van der Waals surface area contributed by atoms with Gasteiger partial charge in [0.1, 0.15) is 10.8 Å². The summed E-state index contributed by atoms with van der Waals surface area (Å²) < 4.78 is 5.37. The van der Waals surface area contributed by atoms with Gasteiger partial charge >= 0.3 is 0 Å². The van der Waals surface area contributed by atoms with Gasteiger partial charge in [0.15, 0.2) is 0 Å². The Bertz CT molecular complexity index is 627. The lowest BCUT2D eigenvalue weighted by atomic mass is 10.0. The van der Waals surface area contributed by atoms with Crippen molar-refractivity contribution in [1.29, 1.82) is 0 Å². The minimum atomic E-state index is 0.194. The van der Waals surface area contributed by atoms with Crippen LogP contribution in [-0.4, -0.2) is 18.1 Å². The van der Waals surface area contributed by atoms with Gasteiger partial charge in [-0.1, -0.05) is 12.1 Å². The lowest BCUT2D eigenvalue weighted by molar-refractivity contribution is 0.411. The highest BCUT2D eigenvalue weighted by Gasteiger charge is 2.28. The van der Waals surface area contributed by atoms with Crippen molar-refractivity contribution in [2.75, 3.05) is 7.11 Å². The molecule has 3 nitrogen and oxygen atoms in total. The van der Waals surface area contributed by atoms with E-state index in [0.717, 1.165) is 11.4 Å². The van der Waals surface area contributed by atoms with Crippen LogP contribution in [0.2, 0.25) is 0 Å². The molecule has 4 heteroatoms. The molecule has 1 atom stereocenters. The van der Waals surface area contributed by atoms with E-state index in [9.17, 15) is 0 Å². The summed E-state index contributed by atoms with van der Waals surface area (Å²) in [4.78, 5) is 6.07. The quantitative estimate of drug-likeness (QED) is 0.909. The van der Waals surface area contributed by atoms with E-state index in [1.807, 2.05) is 0 Å². The van der Waals surface area contributed by atoms with Gasteiger partial charge in [0.05, 0.1) is 18.8 Å². The van der Waals surface area contributed by atoms with Crippen molar-refractivity contribution >= 4 is 11.3 Å². The Hall–Kier alpha value is -1.39. The van der Waals surface area contributed by atoms with Crippen molar-refractivity contribution in [2.24, 2.45) is 0 Å². The molecule has 1 heterocycles. The zero-order valence-corrected chi connectivity index (χ0v) is 13.9. The number of benzene rings is 1. The van der Waals surface area contributed by atoms with E-state index >= 15 is 0 Å². The highest BCUT2D eigenvalue weighted by atomic mass is 32.1. The van der Waals surface area contributed by atoms with Crippen molar-refractivity contribution in [3.8, 4) is 5.75 Å². The Labute approximate surface area is 130 Å². The van der Waals surface area contributed by atoms with Crippen molar-refractivity contribution < 1.29 is 4.74 Å². The van der Waals surface area contributed by atoms with Crippen LogP contribution < -0.4 is 10.1 Å². The predicted octanol–water partition coefficient (Wildman–Crippen LogP) is 3.92. The van der Waals surface area contributed by atoms with Gasteiger partial charge in [-0.2, -0.15) is 0 Å². The normalized spacial score (nSPS) is 16.0. The van der Waals surface area contributed by atoms with Crippen LogP contribution in [0.15, 0.2) is 18.2 Å². The topological polar surface area (TPSA) is 34.1 Å². The first kappa shape index (κ1) is 14.5. The molecule has 1 N–H and O–H groups in total. The lowest BCUT2D eigenvalue weighted by Gasteiger charge is -2.18. The average Bonchev–Trinajstić information content (AvgIpc) is 3.22. The van der Waals surface area contributed by atoms with E-state index < -0.39 is 0 Å². The molecule has 1 aliphatic carbocycles. The molecule has 2 aromatic rings. The first-order valence-electron chi connectivity index (χ1n) is 7.43. The molecule has 1 saturated carbocycles. The van der Waals surface area contributed by atoms with E-state index in [-0.39, 0.29) is 6.04 Å². The molecule has 3 rings (SSSR count). The van der Waals surface area contributed by atoms with Crippen molar-refractivity contribution in [2.45, 2.75) is 45.7 Å². The molecule has 0 spiro atoms. The maximum Gasteiger partial charge on any atom is 0.121 e. The summed E-state index contributed by atoms with van der Waals surface area (Å²) in [6, 6.07) is 7.25. The molecule has 112 valence electrons. The van der Waals surface area contributed by atoms with Crippen LogP contribution in [0.5, 0.6) is 5.75 Å². The zero-order chi connectivity index (χ0) is 15.0. The Morgan fingerprint density at radius 2 is 2.05 bits per heavy atom. The highest BCUT2D eigenvalue weighted by molar-refractivity contribution is 7.11. The van der Waals surface area contributed by atoms with Gasteiger partial charge in [-0.25, -0.2) is 4.98 Å². The van der Waals surface area contributed by atoms with Crippen molar-refractivity contribution in [1.82, 2.24) is 10.3 Å². The summed E-state index contributed by atoms with van der Waals surface area (Å²) in [6.45, 7) is 6.32. The Morgan fingerprint density at radius 1 is 1.29 bits per heavy atom. The number of rotatable bonds is 5. The summed E-state index contributed by atoms with van der Waals surface area (Å²) >= 11 is 1.80. The Kier molecular flexibility index (Phi) is 4.00. The number of hydrogen-bond acceptors (Lipinski definition) is 4. The van der Waals surface area contributed by atoms with E-state index in [1.165, 1.54) is 33.9 Å². The maximum absolute atomic E-state index is 5.37. The largest absolute Gasteiger partial charge is 0.496 e. The maximum atomic E-state index is 5.37. The van der Waals surface area contributed by atoms with Gasteiger partial charge < -0.3 is 10.1 Å². The third-order valence-corrected chi connectivity index (χ3v) is 5.16. The van der Waals surface area contributed by atoms with Crippen LogP contribution in [-0.2, 0) is 0 Å². The summed E-state index contributed by atoms with van der Waals surface area (Å²) in [5, 5.41) is 4.90. The molecule has 0 aliphatic heterocycles. The van der Waals surface area contributed by atoms with Gasteiger partial charge in [0.25, 0.3) is 0 Å². The van der Waals surface area contributed by atoms with Crippen molar-refractivity contribution in [3.05, 3.63) is 44.9 Å². The van der Waals surface area contributed by atoms with E-state index in [4.69, 9.17) is 9.72 Å². The van der Waals surface area contributed by atoms with Gasteiger partial charge in [0, 0.05) is 10.9 Å². The minimum absolute atomic E-state index is 0.194. The van der Waals surface area contributed by atoms with Gasteiger partial charge in [-0.05, 0) is 50.8 Å². The second kappa shape index (κ2) is 5.78. The fourth-order valence-electron chi connectivity index (χ4n) is 2.50. The first-order valence-corrected chi connectivity index (χ1v) is 8.24. The third kappa shape index (κ3) is 3.11. The monoisotopic (exact) mass is 302 g/mol. The fourth-order valence-corrected chi connectivity index (χ4v) is 3.51. The van der Waals surface area contributed by atoms with E-state index in [0.29, 0.717) is 6.04 Å². The molecule has 0 bridgehead atoms. The molecule has 1 fully saturated rings. The molecular formula is C17H22N2OS. The third-order valence-electron chi connectivity index (χ3n) is 4.02. The molecule has 21 heavy (non-hydrogen) atoms. The summed E-state index contributed by atoms with van der Waals surface area (Å²) in [7, 11) is 1.72. The average molecular weight is 302 g/mol. The number of hydrogen-bond donors (Lipinski definition) is 1. The number of nitrogens with one attached hydrogen (secondary N) is 1. The lowest BCUT2D eigenvalue weighted by Crippen LogP contribution is -2.24. The number of thiazole rings is 1. The van der Waals surface area contributed by atoms with Crippen molar-refractivity contribution in [3.63, 3.8) is 0 Å². The van der Waals surface area contributed by atoms with Crippen LogP contribution in [0.4, 0.5) is 0 Å². The Morgan fingerprint density at radius 3 is 2.57 bits per heavy atom. The zero-order valence-electron chi connectivity index (χ0n) is 13.1. The number of ether oxygens (including phenoxy) is 1. The highest BCUT2D eigenvalue weighted by Crippen LogP contribution is 2.33. The van der Waals surface area contributed by atoms with Crippen LogP contribution in [0, 0.1) is 20.8 Å². The molecule has 0 radical (unpaired) electrons. The SMILES string of the molecule is COc1ccc(C(NC2CC2)c2nc(C)c(C)s2)cc1C. The summed E-state index contributed by atoms with van der Waals surface area (Å²) in [6.07, 6.45) is 2.55. The molecule has 0 amide bonds. The standard InChI is InChI=1S/C17H22N2OS/c1-10-9-13(5-8-15(10)20-4)16(19-14-6-7-14)17-18-11(2)12(3)21-17/h5,8-9,14,16,19H,6-7H2,1-4H3. The summed E-state index contributed by atoms with van der Waals surface area (Å²) in [5.74, 6) is 0.940. The van der Waals surface area contributed by atoms with Gasteiger partial charge in [-0.15, -0.1) is 11.3 Å².